The Morgan fingerprint density at radius 1 is 0.974 bits per heavy atom. The Balaban J connectivity index is 1.46. The molecule has 5 rings (SSSR count). The molecule has 1 amide bonds. The molecule has 1 heterocycles. The summed E-state index contributed by atoms with van der Waals surface area (Å²) in [5, 5.41) is 3.10. The smallest absolute Gasteiger partial charge is 0.262 e. The van der Waals surface area contributed by atoms with Gasteiger partial charge in [0.15, 0.2) is 29.7 Å². The summed E-state index contributed by atoms with van der Waals surface area (Å²) in [6.07, 6.45) is 3.60. The third kappa shape index (κ3) is 5.46. The summed E-state index contributed by atoms with van der Waals surface area (Å²) in [5.41, 5.74) is 4.52. The van der Waals surface area contributed by atoms with Crippen molar-refractivity contribution in [2.75, 3.05) is 18.5 Å². The summed E-state index contributed by atoms with van der Waals surface area (Å²) in [6.45, 7) is 5.82. The molecule has 0 atom stereocenters. The summed E-state index contributed by atoms with van der Waals surface area (Å²) < 4.78 is 17.9. The van der Waals surface area contributed by atoms with Crippen LogP contribution in [-0.2, 0) is 19.1 Å². The summed E-state index contributed by atoms with van der Waals surface area (Å²) in [4.78, 5) is 38.9. The molecule has 1 N–H and O–H groups in total. The second-order valence-electron chi connectivity index (χ2n) is 10.2. The molecule has 2 aromatic rings. The first-order valence-electron chi connectivity index (χ1n) is 13.4. The minimum Gasteiger partial charge on any atom is -0.490 e. The highest BCUT2D eigenvalue weighted by Crippen LogP contribution is 2.50. The Morgan fingerprint density at radius 2 is 1.64 bits per heavy atom. The number of rotatable bonds is 7. The van der Waals surface area contributed by atoms with Crippen LogP contribution >= 0.6 is 11.6 Å². The summed E-state index contributed by atoms with van der Waals surface area (Å²) >= 11 is 6.73. The first-order chi connectivity index (χ1) is 18.8. The monoisotopic (exact) mass is 549 g/mol. The van der Waals surface area contributed by atoms with Gasteiger partial charge in [0.25, 0.3) is 5.91 Å². The van der Waals surface area contributed by atoms with Gasteiger partial charge in [-0.3, -0.25) is 14.4 Å². The maximum atomic E-state index is 13.1. The zero-order chi connectivity index (χ0) is 27.7. The molecule has 0 spiro atoms. The molecule has 0 aromatic heterocycles. The third-order valence-electron chi connectivity index (χ3n) is 7.31. The SMILES string of the molecule is CCOc1cc(C2C3=C(CCCC3=O)OC3=C2C(=O)CCC3)cc(Cl)c1OCC(=O)Nc1ccc(C)cc1C. The number of halogens is 1. The number of allylic oxidation sites excluding steroid dienone is 4. The standard InChI is InChI=1S/C31H32ClNO6/c1-4-37-26-15-19(14-20(32)31(26)38-16-27(36)33-21-12-11-17(2)13-18(21)3)28-29-22(34)7-5-9-24(29)39-25-10-6-8-23(35)30(25)28/h11-15,28H,4-10,16H2,1-3H3,(H,33,36). The Labute approximate surface area is 233 Å². The zero-order valence-electron chi connectivity index (χ0n) is 22.4. The molecule has 2 aromatic carbocycles. The van der Waals surface area contributed by atoms with Crippen LogP contribution in [-0.4, -0.2) is 30.7 Å². The zero-order valence-corrected chi connectivity index (χ0v) is 23.2. The highest BCUT2D eigenvalue weighted by Gasteiger charge is 2.42. The van der Waals surface area contributed by atoms with Crippen molar-refractivity contribution in [1.82, 2.24) is 0 Å². The fourth-order valence-electron chi connectivity index (χ4n) is 5.59. The fourth-order valence-corrected chi connectivity index (χ4v) is 5.86. The van der Waals surface area contributed by atoms with E-state index >= 15 is 0 Å². The molecule has 0 radical (unpaired) electrons. The van der Waals surface area contributed by atoms with E-state index in [4.69, 9.17) is 25.8 Å². The number of benzene rings is 2. The van der Waals surface area contributed by atoms with Crippen molar-refractivity contribution in [2.24, 2.45) is 0 Å². The van der Waals surface area contributed by atoms with Crippen molar-refractivity contribution >= 4 is 34.8 Å². The van der Waals surface area contributed by atoms with Crippen molar-refractivity contribution < 1.29 is 28.6 Å². The largest absolute Gasteiger partial charge is 0.490 e. The molecule has 3 aliphatic rings. The van der Waals surface area contributed by atoms with Gasteiger partial charge in [0.1, 0.15) is 11.5 Å². The van der Waals surface area contributed by atoms with E-state index in [0.717, 1.165) is 24.0 Å². The summed E-state index contributed by atoms with van der Waals surface area (Å²) in [6, 6.07) is 9.25. The average molecular weight is 550 g/mol. The normalized spacial score (nSPS) is 17.4. The molecular weight excluding hydrogens is 518 g/mol. The van der Waals surface area contributed by atoms with Gasteiger partial charge in [-0.05, 0) is 62.9 Å². The molecule has 0 fully saturated rings. The Morgan fingerprint density at radius 3 is 2.26 bits per heavy atom. The molecule has 0 saturated heterocycles. The Hall–Kier alpha value is -3.58. The number of ether oxygens (including phenoxy) is 3. The Kier molecular flexibility index (Phi) is 7.80. The molecule has 7 nitrogen and oxygen atoms in total. The second kappa shape index (κ2) is 11.3. The highest BCUT2D eigenvalue weighted by atomic mass is 35.5. The van der Waals surface area contributed by atoms with Crippen LogP contribution in [0.25, 0.3) is 0 Å². The number of carbonyl (C=O) groups excluding carboxylic acids is 3. The molecule has 0 unspecified atom stereocenters. The highest BCUT2D eigenvalue weighted by molar-refractivity contribution is 6.32. The molecular formula is C31H32ClNO6. The summed E-state index contributed by atoms with van der Waals surface area (Å²) in [7, 11) is 0. The number of aryl methyl sites for hydroxylation is 2. The lowest BCUT2D eigenvalue weighted by atomic mass is 9.73. The van der Waals surface area contributed by atoms with Crippen LogP contribution in [0.15, 0.2) is 53.0 Å². The predicted molar refractivity (Wildman–Crippen MR) is 148 cm³/mol. The van der Waals surface area contributed by atoms with Crippen LogP contribution in [0.4, 0.5) is 5.69 Å². The van der Waals surface area contributed by atoms with E-state index in [1.165, 1.54) is 0 Å². The number of Topliss-reactive ketones (excluding diaryl/α,β-unsaturated/α-hetero) is 2. The predicted octanol–water partition coefficient (Wildman–Crippen LogP) is 6.50. The molecule has 8 heteroatoms. The number of anilines is 1. The van der Waals surface area contributed by atoms with Crippen molar-refractivity contribution in [3.63, 3.8) is 0 Å². The number of amides is 1. The van der Waals surface area contributed by atoms with Crippen molar-refractivity contribution in [3.8, 4) is 11.5 Å². The van der Waals surface area contributed by atoms with Crippen molar-refractivity contribution in [1.29, 1.82) is 0 Å². The number of hydrogen-bond acceptors (Lipinski definition) is 6. The summed E-state index contributed by atoms with van der Waals surface area (Å²) in [5.74, 6) is 0.971. The van der Waals surface area contributed by atoms with Gasteiger partial charge in [-0.15, -0.1) is 0 Å². The van der Waals surface area contributed by atoms with Crippen LogP contribution in [0, 0.1) is 13.8 Å². The van der Waals surface area contributed by atoms with E-state index < -0.39 is 5.92 Å². The van der Waals surface area contributed by atoms with E-state index in [2.05, 4.69) is 5.32 Å². The van der Waals surface area contributed by atoms with Gasteiger partial charge in [0.2, 0.25) is 0 Å². The first kappa shape index (κ1) is 27.0. The molecule has 0 bridgehead atoms. The molecule has 0 saturated carbocycles. The number of nitrogens with one attached hydrogen (secondary N) is 1. The van der Waals surface area contributed by atoms with Crippen LogP contribution in [0.3, 0.4) is 0 Å². The van der Waals surface area contributed by atoms with Gasteiger partial charge >= 0.3 is 0 Å². The van der Waals surface area contributed by atoms with E-state index in [1.807, 2.05) is 39.0 Å². The molecule has 2 aliphatic carbocycles. The van der Waals surface area contributed by atoms with E-state index in [-0.39, 0.29) is 34.9 Å². The van der Waals surface area contributed by atoms with Gasteiger partial charge in [0, 0.05) is 48.4 Å². The molecule has 204 valence electrons. The van der Waals surface area contributed by atoms with Gasteiger partial charge < -0.3 is 19.5 Å². The fraction of sp³-hybridized carbons (Fsp3) is 0.387. The first-order valence-corrected chi connectivity index (χ1v) is 13.8. The lowest BCUT2D eigenvalue weighted by molar-refractivity contribution is -0.119. The van der Waals surface area contributed by atoms with Gasteiger partial charge in [-0.2, -0.15) is 0 Å². The van der Waals surface area contributed by atoms with Crippen molar-refractivity contribution in [2.45, 2.75) is 65.2 Å². The number of carbonyl (C=O) groups is 3. The molecule has 39 heavy (non-hydrogen) atoms. The Bertz CT molecular complexity index is 1380. The van der Waals surface area contributed by atoms with Gasteiger partial charge in [-0.25, -0.2) is 0 Å². The average Bonchev–Trinajstić information content (AvgIpc) is 2.89. The van der Waals surface area contributed by atoms with E-state index in [1.54, 1.807) is 12.1 Å². The lowest BCUT2D eigenvalue weighted by Gasteiger charge is -2.36. The van der Waals surface area contributed by atoms with Gasteiger partial charge in [0.05, 0.1) is 11.6 Å². The second-order valence-corrected chi connectivity index (χ2v) is 10.6. The topological polar surface area (TPSA) is 90.9 Å². The van der Waals surface area contributed by atoms with Gasteiger partial charge in [-0.1, -0.05) is 29.3 Å². The van der Waals surface area contributed by atoms with Crippen LogP contribution in [0.1, 0.15) is 68.1 Å². The number of hydrogen-bond donors (Lipinski definition) is 1. The number of ketones is 2. The van der Waals surface area contributed by atoms with Crippen molar-refractivity contribution in [3.05, 3.63) is 74.7 Å². The third-order valence-corrected chi connectivity index (χ3v) is 7.59. The van der Waals surface area contributed by atoms with E-state index in [9.17, 15) is 14.4 Å². The van der Waals surface area contributed by atoms with Crippen LogP contribution in [0.5, 0.6) is 11.5 Å². The van der Waals surface area contributed by atoms with Crippen LogP contribution < -0.4 is 14.8 Å². The molecule has 1 aliphatic heterocycles. The minimum absolute atomic E-state index is 0.0105. The maximum absolute atomic E-state index is 13.1. The van der Waals surface area contributed by atoms with Crippen LogP contribution in [0.2, 0.25) is 5.02 Å². The maximum Gasteiger partial charge on any atom is 0.262 e. The van der Waals surface area contributed by atoms with E-state index in [0.29, 0.717) is 72.0 Å². The lowest BCUT2D eigenvalue weighted by Crippen LogP contribution is -2.30. The minimum atomic E-state index is -0.567. The quantitative estimate of drug-likeness (QED) is 0.424.